The molecule has 1 amide bonds. The fraction of sp³-hybridized carbons (Fsp3) is 0.696. The van der Waals surface area contributed by atoms with E-state index >= 15 is 0 Å². The van der Waals surface area contributed by atoms with Crippen molar-refractivity contribution in [2.24, 2.45) is 11.3 Å². The number of aliphatic hydroxyl groups is 2. The van der Waals surface area contributed by atoms with Gasteiger partial charge in [-0.25, -0.2) is 0 Å². The van der Waals surface area contributed by atoms with Crippen molar-refractivity contribution in [3.63, 3.8) is 0 Å². The van der Waals surface area contributed by atoms with Gasteiger partial charge in [-0.3, -0.25) is 4.79 Å². The fourth-order valence-electron chi connectivity index (χ4n) is 5.69. The molecule has 0 aromatic heterocycles. The molecule has 1 aromatic carbocycles. The molecular weight excluding hydrogens is 354 g/mol. The smallest absolute Gasteiger partial charge is 0.223 e. The van der Waals surface area contributed by atoms with Crippen molar-refractivity contribution in [2.45, 2.75) is 76.2 Å². The minimum atomic E-state index is -0.799. The molecule has 1 aromatic rings. The Labute approximate surface area is 167 Å². The van der Waals surface area contributed by atoms with Crippen LogP contribution in [0.4, 0.5) is 0 Å². The van der Waals surface area contributed by atoms with Gasteiger partial charge in [-0.15, -0.1) is 0 Å². The van der Waals surface area contributed by atoms with Crippen LogP contribution in [-0.4, -0.2) is 52.5 Å². The summed E-state index contributed by atoms with van der Waals surface area (Å²) in [5.41, 5.74) is 0.640. The highest BCUT2D eigenvalue weighted by molar-refractivity contribution is 5.78. The standard InChI is InChI=1S/C23H33NO4/c1-23-15-18(17-6-3-2-4-7-17)24(20(23)9-5-8-19(25)22(23)27)21(26)14-16-10-12-28-13-11-16/h2-4,6-7,16,18-20,22,25,27H,5,8-15H2,1H3/t18-,19-,20-,22-,23-/m1/s1. The van der Waals surface area contributed by atoms with Crippen LogP contribution in [0.25, 0.3) is 0 Å². The van der Waals surface area contributed by atoms with Crippen molar-refractivity contribution in [3.8, 4) is 0 Å². The van der Waals surface area contributed by atoms with Gasteiger partial charge in [0.15, 0.2) is 0 Å². The van der Waals surface area contributed by atoms with E-state index in [1.807, 2.05) is 18.2 Å². The Morgan fingerprint density at radius 1 is 1.14 bits per heavy atom. The maximum atomic E-state index is 13.5. The van der Waals surface area contributed by atoms with Crippen molar-refractivity contribution in [1.82, 2.24) is 4.90 Å². The van der Waals surface area contributed by atoms with Gasteiger partial charge in [-0.05, 0) is 50.0 Å². The number of amides is 1. The monoisotopic (exact) mass is 387 g/mol. The summed E-state index contributed by atoms with van der Waals surface area (Å²) >= 11 is 0. The van der Waals surface area contributed by atoms with Crippen LogP contribution in [-0.2, 0) is 9.53 Å². The molecule has 5 atom stereocenters. The fourth-order valence-corrected chi connectivity index (χ4v) is 5.69. The maximum Gasteiger partial charge on any atom is 0.223 e. The molecule has 5 heteroatoms. The van der Waals surface area contributed by atoms with E-state index in [-0.39, 0.29) is 18.0 Å². The topological polar surface area (TPSA) is 70.0 Å². The third kappa shape index (κ3) is 3.60. The third-order valence-corrected chi connectivity index (χ3v) is 7.36. The van der Waals surface area contributed by atoms with E-state index in [1.54, 1.807) is 0 Å². The van der Waals surface area contributed by atoms with E-state index in [0.717, 1.165) is 44.5 Å². The highest BCUT2D eigenvalue weighted by Crippen LogP contribution is 2.53. The molecule has 2 N–H and O–H groups in total. The second-order valence-corrected chi connectivity index (χ2v) is 9.16. The number of fused-ring (bicyclic) bond motifs is 1. The first-order valence-electron chi connectivity index (χ1n) is 10.8. The molecule has 0 unspecified atom stereocenters. The van der Waals surface area contributed by atoms with Gasteiger partial charge in [0, 0.05) is 31.1 Å². The lowest BCUT2D eigenvalue weighted by Crippen LogP contribution is -2.49. The molecular formula is C23H33NO4. The summed E-state index contributed by atoms with van der Waals surface area (Å²) in [6.45, 7) is 3.55. The summed E-state index contributed by atoms with van der Waals surface area (Å²) < 4.78 is 5.46. The number of nitrogens with zero attached hydrogens (tertiary/aromatic N) is 1. The number of ether oxygens (including phenoxy) is 1. The summed E-state index contributed by atoms with van der Waals surface area (Å²) in [7, 11) is 0. The van der Waals surface area contributed by atoms with Crippen molar-refractivity contribution in [1.29, 1.82) is 0 Å². The van der Waals surface area contributed by atoms with Gasteiger partial charge >= 0.3 is 0 Å². The molecule has 3 fully saturated rings. The number of rotatable bonds is 3. The quantitative estimate of drug-likeness (QED) is 0.836. The van der Waals surface area contributed by atoms with Gasteiger partial charge in [0.05, 0.1) is 18.2 Å². The van der Waals surface area contributed by atoms with Crippen LogP contribution >= 0.6 is 0 Å². The summed E-state index contributed by atoms with van der Waals surface area (Å²) in [5, 5.41) is 21.4. The molecule has 2 aliphatic heterocycles. The van der Waals surface area contributed by atoms with Crippen LogP contribution in [0.15, 0.2) is 30.3 Å². The van der Waals surface area contributed by atoms with Crippen LogP contribution in [0.2, 0.25) is 0 Å². The summed E-state index contributed by atoms with van der Waals surface area (Å²) in [5.74, 6) is 0.573. The Hall–Kier alpha value is -1.43. The van der Waals surface area contributed by atoms with Gasteiger partial charge in [-0.1, -0.05) is 37.3 Å². The third-order valence-electron chi connectivity index (χ3n) is 7.36. The second-order valence-electron chi connectivity index (χ2n) is 9.16. The molecule has 5 nitrogen and oxygen atoms in total. The SMILES string of the molecule is C[C@@]12C[C@H](c3ccccc3)N(C(=O)CC3CCOCC3)[C@@H]1CCC[C@@H](O)[C@H]2O. The lowest BCUT2D eigenvalue weighted by atomic mass is 9.74. The first kappa shape index (κ1) is 19.9. The molecule has 2 saturated heterocycles. The largest absolute Gasteiger partial charge is 0.390 e. The Balaban J connectivity index is 1.65. The average molecular weight is 388 g/mol. The van der Waals surface area contributed by atoms with Crippen molar-refractivity contribution >= 4 is 5.91 Å². The lowest BCUT2D eigenvalue weighted by Gasteiger charge is -2.39. The van der Waals surface area contributed by atoms with Crippen LogP contribution in [0.1, 0.15) is 63.5 Å². The van der Waals surface area contributed by atoms with Crippen molar-refractivity contribution < 1.29 is 19.7 Å². The number of hydrogen-bond donors (Lipinski definition) is 2. The second kappa shape index (κ2) is 8.13. The zero-order valence-electron chi connectivity index (χ0n) is 16.8. The van der Waals surface area contributed by atoms with Crippen LogP contribution in [0.5, 0.6) is 0 Å². The molecule has 0 spiro atoms. The molecule has 0 bridgehead atoms. The zero-order chi connectivity index (χ0) is 19.7. The number of aliphatic hydroxyl groups excluding tert-OH is 2. The summed E-state index contributed by atoms with van der Waals surface area (Å²) in [6.07, 6.45) is 3.90. The van der Waals surface area contributed by atoms with Gasteiger partial charge in [-0.2, -0.15) is 0 Å². The lowest BCUT2D eigenvalue weighted by molar-refractivity contribution is -0.138. The molecule has 1 aliphatic carbocycles. The van der Waals surface area contributed by atoms with Crippen molar-refractivity contribution in [2.75, 3.05) is 13.2 Å². The number of benzene rings is 1. The minimum absolute atomic E-state index is 0.0304. The number of carbonyl (C=O) groups excluding carboxylic acids is 1. The van der Waals surface area contributed by atoms with Gasteiger partial charge in [0.25, 0.3) is 0 Å². The molecule has 2 heterocycles. The molecule has 28 heavy (non-hydrogen) atoms. The normalized spacial score (nSPS) is 36.8. The maximum absolute atomic E-state index is 13.5. The Morgan fingerprint density at radius 3 is 2.57 bits per heavy atom. The van der Waals surface area contributed by atoms with E-state index < -0.39 is 17.6 Å². The first-order chi connectivity index (χ1) is 13.5. The number of likely N-dealkylation sites (tertiary alicyclic amines) is 1. The highest BCUT2D eigenvalue weighted by Gasteiger charge is 2.56. The van der Waals surface area contributed by atoms with Gasteiger partial charge < -0.3 is 19.8 Å². The van der Waals surface area contributed by atoms with Crippen molar-refractivity contribution in [3.05, 3.63) is 35.9 Å². The molecule has 1 saturated carbocycles. The Morgan fingerprint density at radius 2 is 1.86 bits per heavy atom. The molecule has 154 valence electrons. The predicted octanol–water partition coefficient (Wildman–Crippen LogP) is 3.06. The summed E-state index contributed by atoms with van der Waals surface area (Å²) in [6, 6.07) is 10.1. The van der Waals surface area contributed by atoms with E-state index in [1.165, 1.54) is 0 Å². The van der Waals surface area contributed by atoms with E-state index in [4.69, 9.17) is 4.74 Å². The van der Waals surface area contributed by atoms with E-state index in [9.17, 15) is 15.0 Å². The Bertz CT molecular complexity index is 674. The van der Waals surface area contributed by atoms with Crippen LogP contribution < -0.4 is 0 Å². The molecule has 4 rings (SSSR count). The average Bonchev–Trinajstić information content (AvgIpc) is 2.97. The van der Waals surface area contributed by atoms with E-state index in [2.05, 4.69) is 24.0 Å². The Kier molecular flexibility index (Phi) is 5.77. The highest BCUT2D eigenvalue weighted by atomic mass is 16.5. The minimum Gasteiger partial charge on any atom is -0.390 e. The zero-order valence-corrected chi connectivity index (χ0v) is 16.8. The van der Waals surface area contributed by atoms with Crippen LogP contribution in [0.3, 0.4) is 0 Å². The first-order valence-corrected chi connectivity index (χ1v) is 10.8. The molecule has 0 radical (unpaired) electrons. The number of carbonyl (C=O) groups is 1. The number of hydrogen-bond acceptors (Lipinski definition) is 4. The predicted molar refractivity (Wildman–Crippen MR) is 107 cm³/mol. The van der Waals surface area contributed by atoms with E-state index in [0.29, 0.717) is 25.2 Å². The van der Waals surface area contributed by atoms with Gasteiger partial charge in [0.2, 0.25) is 5.91 Å². The van der Waals surface area contributed by atoms with Crippen LogP contribution in [0, 0.1) is 11.3 Å². The van der Waals surface area contributed by atoms with Gasteiger partial charge in [0.1, 0.15) is 0 Å². The molecule has 3 aliphatic rings. The summed E-state index contributed by atoms with van der Waals surface area (Å²) in [4.78, 5) is 15.6.